The lowest BCUT2D eigenvalue weighted by molar-refractivity contribution is -0.160. The van der Waals surface area contributed by atoms with Crippen LogP contribution in [-0.2, 0) is 14.3 Å². The van der Waals surface area contributed by atoms with E-state index in [1.54, 1.807) is 0 Å². The Morgan fingerprint density at radius 3 is 2.47 bits per heavy atom. The van der Waals surface area contributed by atoms with Crippen LogP contribution in [0.1, 0.15) is 59.8 Å². The summed E-state index contributed by atoms with van der Waals surface area (Å²) in [5, 5.41) is 3.56. The fourth-order valence-corrected chi connectivity index (χ4v) is 2.41. The topological polar surface area (TPSA) is 47.6 Å². The van der Waals surface area contributed by atoms with Crippen LogP contribution < -0.4 is 5.32 Å². The van der Waals surface area contributed by atoms with Gasteiger partial charge in [-0.15, -0.1) is 0 Å². The standard InChI is InChI=1S/C15H29NO3/c1-12(16-13-8-6-5-7-9-13)10-18-11-14(17)19-15(2,3)4/h12-13,16H,5-11H2,1-4H3. The highest BCUT2D eigenvalue weighted by atomic mass is 16.6. The average molecular weight is 271 g/mol. The highest BCUT2D eigenvalue weighted by molar-refractivity contribution is 5.71. The molecule has 0 aromatic carbocycles. The molecule has 0 radical (unpaired) electrons. The van der Waals surface area contributed by atoms with Gasteiger partial charge in [-0.2, -0.15) is 0 Å². The van der Waals surface area contributed by atoms with Gasteiger partial charge < -0.3 is 14.8 Å². The summed E-state index contributed by atoms with van der Waals surface area (Å²) in [7, 11) is 0. The Kier molecular flexibility index (Phi) is 6.80. The fourth-order valence-electron chi connectivity index (χ4n) is 2.41. The van der Waals surface area contributed by atoms with Crippen molar-refractivity contribution in [1.29, 1.82) is 0 Å². The molecule has 0 saturated heterocycles. The van der Waals surface area contributed by atoms with E-state index in [1.807, 2.05) is 20.8 Å². The van der Waals surface area contributed by atoms with Gasteiger partial charge in [0.25, 0.3) is 0 Å². The molecular weight excluding hydrogens is 242 g/mol. The van der Waals surface area contributed by atoms with Crippen LogP contribution in [0.3, 0.4) is 0 Å². The molecule has 1 rings (SSSR count). The lowest BCUT2D eigenvalue weighted by Gasteiger charge is -2.26. The second-order valence-electron chi connectivity index (χ2n) is 6.50. The van der Waals surface area contributed by atoms with Crippen molar-refractivity contribution in [2.24, 2.45) is 0 Å². The van der Waals surface area contributed by atoms with E-state index in [9.17, 15) is 4.79 Å². The second kappa shape index (κ2) is 7.85. The second-order valence-corrected chi connectivity index (χ2v) is 6.50. The molecule has 1 atom stereocenters. The van der Waals surface area contributed by atoms with Crippen molar-refractivity contribution in [3.05, 3.63) is 0 Å². The molecule has 0 spiro atoms. The van der Waals surface area contributed by atoms with E-state index in [4.69, 9.17) is 9.47 Å². The highest BCUT2D eigenvalue weighted by Gasteiger charge is 2.18. The van der Waals surface area contributed by atoms with Gasteiger partial charge in [-0.05, 0) is 40.5 Å². The van der Waals surface area contributed by atoms with Gasteiger partial charge in [0.05, 0.1) is 6.61 Å². The van der Waals surface area contributed by atoms with E-state index >= 15 is 0 Å². The van der Waals surface area contributed by atoms with E-state index in [0.717, 1.165) is 0 Å². The third-order valence-electron chi connectivity index (χ3n) is 3.13. The minimum atomic E-state index is -0.438. The maximum absolute atomic E-state index is 11.5. The quantitative estimate of drug-likeness (QED) is 0.755. The zero-order chi connectivity index (χ0) is 14.3. The van der Waals surface area contributed by atoms with Crippen LogP contribution in [0.15, 0.2) is 0 Å². The summed E-state index contributed by atoms with van der Waals surface area (Å²) in [6.45, 7) is 8.27. The van der Waals surface area contributed by atoms with Gasteiger partial charge >= 0.3 is 5.97 Å². The third-order valence-corrected chi connectivity index (χ3v) is 3.13. The summed E-state index contributed by atoms with van der Waals surface area (Å²) in [6, 6.07) is 0.902. The number of rotatable bonds is 6. The van der Waals surface area contributed by atoms with Crippen LogP contribution in [0.2, 0.25) is 0 Å². The molecular formula is C15H29NO3. The van der Waals surface area contributed by atoms with Gasteiger partial charge in [-0.3, -0.25) is 0 Å². The van der Waals surface area contributed by atoms with Crippen molar-refractivity contribution in [3.8, 4) is 0 Å². The smallest absolute Gasteiger partial charge is 0.332 e. The van der Waals surface area contributed by atoms with Gasteiger partial charge in [0.2, 0.25) is 0 Å². The molecule has 0 aliphatic heterocycles. The Hall–Kier alpha value is -0.610. The maximum atomic E-state index is 11.5. The molecule has 1 aliphatic carbocycles. The fraction of sp³-hybridized carbons (Fsp3) is 0.933. The lowest BCUT2D eigenvalue weighted by Crippen LogP contribution is -2.40. The first-order chi connectivity index (χ1) is 8.87. The van der Waals surface area contributed by atoms with E-state index in [1.165, 1.54) is 32.1 Å². The molecule has 0 amide bonds. The molecule has 1 saturated carbocycles. The summed E-state index contributed by atoms with van der Waals surface area (Å²) in [5.74, 6) is -0.294. The molecule has 19 heavy (non-hydrogen) atoms. The van der Waals surface area contributed by atoms with Crippen molar-refractivity contribution in [1.82, 2.24) is 5.32 Å². The minimum Gasteiger partial charge on any atom is -0.458 e. The van der Waals surface area contributed by atoms with Gasteiger partial charge in [0.15, 0.2) is 0 Å². The first-order valence-electron chi connectivity index (χ1n) is 7.42. The number of ether oxygens (including phenoxy) is 2. The first kappa shape index (κ1) is 16.4. The van der Waals surface area contributed by atoms with Crippen molar-refractivity contribution < 1.29 is 14.3 Å². The normalized spacial score (nSPS) is 19.2. The summed E-state index contributed by atoms with van der Waals surface area (Å²) >= 11 is 0. The lowest BCUT2D eigenvalue weighted by atomic mass is 9.95. The minimum absolute atomic E-state index is 0.0357. The summed E-state index contributed by atoms with van der Waals surface area (Å²) in [5.41, 5.74) is -0.438. The zero-order valence-corrected chi connectivity index (χ0v) is 12.8. The number of carbonyl (C=O) groups is 1. The van der Waals surface area contributed by atoms with Crippen molar-refractivity contribution >= 4 is 5.97 Å². The molecule has 1 aliphatic rings. The number of esters is 1. The Bertz CT molecular complexity index is 267. The Labute approximate surface area is 117 Å². The molecule has 0 bridgehead atoms. The maximum Gasteiger partial charge on any atom is 0.332 e. The van der Waals surface area contributed by atoms with E-state index in [-0.39, 0.29) is 18.6 Å². The van der Waals surface area contributed by atoms with Crippen LogP contribution in [-0.4, -0.2) is 36.9 Å². The molecule has 4 nitrogen and oxygen atoms in total. The molecule has 1 N–H and O–H groups in total. The van der Waals surface area contributed by atoms with Gasteiger partial charge in [-0.25, -0.2) is 4.79 Å². The monoisotopic (exact) mass is 271 g/mol. The Morgan fingerprint density at radius 2 is 1.89 bits per heavy atom. The molecule has 1 fully saturated rings. The summed E-state index contributed by atoms with van der Waals surface area (Å²) in [6.07, 6.45) is 6.53. The Balaban J connectivity index is 2.09. The summed E-state index contributed by atoms with van der Waals surface area (Å²) < 4.78 is 10.6. The molecule has 112 valence electrons. The predicted molar refractivity (Wildman–Crippen MR) is 76.1 cm³/mol. The van der Waals surface area contributed by atoms with E-state index < -0.39 is 5.60 Å². The summed E-state index contributed by atoms with van der Waals surface area (Å²) in [4.78, 5) is 11.5. The zero-order valence-electron chi connectivity index (χ0n) is 12.8. The Morgan fingerprint density at radius 1 is 1.26 bits per heavy atom. The number of hydrogen-bond acceptors (Lipinski definition) is 4. The number of hydrogen-bond donors (Lipinski definition) is 1. The van der Waals surface area contributed by atoms with Gasteiger partial charge in [0.1, 0.15) is 12.2 Å². The molecule has 0 heterocycles. The van der Waals surface area contributed by atoms with Crippen molar-refractivity contribution in [2.75, 3.05) is 13.2 Å². The number of carbonyl (C=O) groups excluding carboxylic acids is 1. The van der Waals surface area contributed by atoms with Crippen LogP contribution >= 0.6 is 0 Å². The molecule has 4 heteroatoms. The molecule has 1 unspecified atom stereocenters. The van der Waals surface area contributed by atoms with Crippen LogP contribution in [0.5, 0.6) is 0 Å². The average Bonchev–Trinajstić information content (AvgIpc) is 2.27. The van der Waals surface area contributed by atoms with Crippen molar-refractivity contribution in [2.45, 2.75) is 77.5 Å². The number of nitrogens with one attached hydrogen (secondary N) is 1. The van der Waals surface area contributed by atoms with Crippen molar-refractivity contribution in [3.63, 3.8) is 0 Å². The SMILES string of the molecule is CC(COCC(=O)OC(C)(C)C)NC1CCCCC1. The molecule has 0 aromatic heterocycles. The molecule has 0 aromatic rings. The van der Waals surface area contributed by atoms with E-state index in [0.29, 0.717) is 12.6 Å². The largest absolute Gasteiger partial charge is 0.458 e. The first-order valence-corrected chi connectivity index (χ1v) is 7.42. The third kappa shape index (κ3) is 8.22. The van der Waals surface area contributed by atoms with Gasteiger partial charge in [-0.1, -0.05) is 19.3 Å². The van der Waals surface area contributed by atoms with E-state index in [2.05, 4.69) is 12.2 Å². The van der Waals surface area contributed by atoms with Crippen LogP contribution in [0.25, 0.3) is 0 Å². The van der Waals surface area contributed by atoms with Crippen LogP contribution in [0.4, 0.5) is 0 Å². The van der Waals surface area contributed by atoms with Crippen LogP contribution in [0, 0.1) is 0 Å². The highest BCUT2D eigenvalue weighted by Crippen LogP contribution is 2.17. The predicted octanol–water partition coefficient (Wildman–Crippen LogP) is 2.66. The van der Waals surface area contributed by atoms with Gasteiger partial charge in [0, 0.05) is 12.1 Å².